The van der Waals surface area contributed by atoms with Gasteiger partial charge in [-0.25, -0.2) is 0 Å². The van der Waals surface area contributed by atoms with Crippen molar-refractivity contribution in [1.29, 1.82) is 0 Å². The quantitative estimate of drug-likeness (QED) is 0.660. The normalized spacial score (nSPS) is 10.8. The number of carbonyl (C=O) groups is 1. The zero-order valence-corrected chi connectivity index (χ0v) is 14.9. The highest BCUT2D eigenvalue weighted by Gasteiger charge is 2.18. The van der Waals surface area contributed by atoms with Gasteiger partial charge in [0.05, 0.1) is 0 Å². The molecule has 0 aromatic heterocycles. The number of carbonyl (C=O) groups excluding carboxylic acids is 1. The lowest BCUT2D eigenvalue weighted by Crippen LogP contribution is -2.35. The second-order valence-corrected chi connectivity index (χ2v) is 6.52. The van der Waals surface area contributed by atoms with Gasteiger partial charge in [-0.3, -0.25) is 4.79 Å². The molecule has 0 N–H and O–H groups in total. The van der Waals surface area contributed by atoms with Gasteiger partial charge in [-0.05, 0) is 31.0 Å². The molecule has 1 aromatic rings. The van der Waals surface area contributed by atoms with Crippen LogP contribution in [0.2, 0.25) is 0 Å². The first kappa shape index (κ1) is 16.7. The van der Waals surface area contributed by atoms with Crippen molar-refractivity contribution < 1.29 is 4.79 Å². The van der Waals surface area contributed by atoms with Crippen molar-refractivity contribution in [2.24, 2.45) is 5.92 Å². The van der Waals surface area contributed by atoms with Crippen molar-refractivity contribution in [3.05, 3.63) is 32.7 Å². The minimum Gasteiger partial charge on any atom is -0.339 e. The van der Waals surface area contributed by atoms with Crippen molar-refractivity contribution in [1.82, 2.24) is 4.90 Å². The van der Waals surface area contributed by atoms with Crippen LogP contribution in [-0.4, -0.2) is 23.9 Å². The zero-order valence-electron chi connectivity index (χ0n) is 11.7. The van der Waals surface area contributed by atoms with Crippen LogP contribution in [0.15, 0.2) is 27.1 Å². The molecule has 1 rings (SSSR count). The van der Waals surface area contributed by atoms with Crippen LogP contribution >= 0.6 is 31.9 Å². The summed E-state index contributed by atoms with van der Waals surface area (Å²) in [5.41, 5.74) is 0.731. The maximum atomic E-state index is 12.5. The van der Waals surface area contributed by atoms with Crippen LogP contribution in [0.25, 0.3) is 0 Å². The van der Waals surface area contributed by atoms with Crippen LogP contribution < -0.4 is 0 Å². The Balaban J connectivity index is 2.88. The fourth-order valence-corrected chi connectivity index (χ4v) is 3.37. The molecule has 0 aliphatic carbocycles. The average Bonchev–Trinajstić information content (AvgIpc) is 2.38. The number of hydrogen-bond acceptors (Lipinski definition) is 1. The lowest BCUT2D eigenvalue weighted by atomic mass is 10.0. The summed E-state index contributed by atoms with van der Waals surface area (Å²) in [6.45, 7) is 7.99. The van der Waals surface area contributed by atoms with Crippen LogP contribution in [0.4, 0.5) is 0 Å². The van der Waals surface area contributed by atoms with Crippen molar-refractivity contribution in [2.75, 3.05) is 13.1 Å². The van der Waals surface area contributed by atoms with E-state index in [1.165, 1.54) is 0 Å². The van der Waals surface area contributed by atoms with E-state index in [1.807, 2.05) is 30.0 Å². The molecule has 106 valence electrons. The Kier molecular flexibility index (Phi) is 7.08. The second-order valence-electron chi connectivity index (χ2n) is 4.68. The maximum absolute atomic E-state index is 12.5. The van der Waals surface area contributed by atoms with E-state index in [0.717, 1.165) is 40.4 Å². The Morgan fingerprint density at radius 3 is 2.05 bits per heavy atom. The Morgan fingerprint density at radius 1 is 1.11 bits per heavy atom. The third-order valence-electron chi connectivity index (χ3n) is 3.41. The fourth-order valence-electron chi connectivity index (χ4n) is 2.07. The van der Waals surface area contributed by atoms with Crippen LogP contribution in [-0.2, 0) is 0 Å². The second kappa shape index (κ2) is 8.05. The number of benzene rings is 1. The summed E-state index contributed by atoms with van der Waals surface area (Å²) in [4.78, 5) is 14.5. The standard InChI is InChI=1S/C15H21Br2NO/c1-4-11(5-2)10-18(6-3)15(19)12-7-13(16)9-14(17)8-12/h7-9,11H,4-6,10H2,1-3H3. The molecule has 0 fully saturated rings. The number of hydrogen-bond donors (Lipinski definition) is 0. The molecule has 2 nitrogen and oxygen atoms in total. The number of nitrogens with zero attached hydrogens (tertiary/aromatic N) is 1. The summed E-state index contributed by atoms with van der Waals surface area (Å²) in [6, 6.07) is 5.69. The van der Waals surface area contributed by atoms with Crippen molar-refractivity contribution in [2.45, 2.75) is 33.6 Å². The molecule has 0 saturated heterocycles. The number of amides is 1. The van der Waals surface area contributed by atoms with Gasteiger partial charge in [0.15, 0.2) is 0 Å². The van der Waals surface area contributed by atoms with E-state index in [0.29, 0.717) is 5.92 Å². The summed E-state index contributed by atoms with van der Waals surface area (Å²) >= 11 is 6.86. The van der Waals surface area contributed by atoms with Crippen molar-refractivity contribution >= 4 is 37.8 Å². The summed E-state index contributed by atoms with van der Waals surface area (Å²) in [5.74, 6) is 0.691. The van der Waals surface area contributed by atoms with Gasteiger partial charge in [0.25, 0.3) is 5.91 Å². The summed E-state index contributed by atoms with van der Waals surface area (Å²) < 4.78 is 1.84. The molecule has 0 spiro atoms. The molecule has 19 heavy (non-hydrogen) atoms. The van der Waals surface area contributed by atoms with Gasteiger partial charge in [0.2, 0.25) is 0 Å². The molecular formula is C15H21Br2NO. The molecule has 0 aliphatic rings. The molecule has 0 radical (unpaired) electrons. The Morgan fingerprint density at radius 2 is 1.63 bits per heavy atom. The number of halogens is 2. The molecule has 1 aromatic carbocycles. The topological polar surface area (TPSA) is 20.3 Å². The van der Waals surface area contributed by atoms with Gasteiger partial charge in [-0.1, -0.05) is 58.5 Å². The average molecular weight is 391 g/mol. The molecule has 1 amide bonds. The Hall–Kier alpha value is -0.350. The van der Waals surface area contributed by atoms with Gasteiger partial charge < -0.3 is 4.90 Å². The van der Waals surface area contributed by atoms with E-state index < -0.39 is 0 Å². The van der Waals surface area contributed by atoms with Gasteiger partial charge in [-0.15, -0.1) is 0 Å². The molecule has 0 saturated carbocycles. The van der Waals surface area contributed by atoms with Gasteiger partial charge in [-0.2, -0.15) is 0 Å². The van der Waals surface area contributed by atoms with E-state index >= 15 is 0 Å². The van der Waals surface area contributed by atoms with Crippen molar-refractivity contribution in [3.8, 4) is 0 Å². The van der Waals surface area contributed by atoms with E-state index in [-0.39, 0.29) is 5.91 Å². The highest BCUT2D eigenvalue weighted by Crippen LogP contribution is 2.22. The SMILES string of the molecule is CCC(CC)CN(CC)C(=O)c1cc(Br)cc(Br)c1. The van der Waals surface area contributed by atoms with Gasteiger partial charge in [0.1, 0.15) is 0 Å². The van der Waals surface area contributed by atoms with E-state index in [4.69, 9.17) is 0 Å². The third kappa shape index (κ3) is 4.92. The highest BCUT2D eigenvalue weighted by molar-refractivity contribution is 9.11. The fraction of sp³-hybridized carbons (Fsp3) is 0.533. The minimum absolute atomic E-state index is 0.108. The first-order valence-corrected chi connectivity index (χ1v) is 8.35. The minimum atomic E-state index is 0.108. The van der Waals surface area contributed by atoms with E-state index in [1.54, 1.807) is 0 Å². The largest absolute Gasteiger partial charge is 0.339 e. The van der Waals surface area contributed by atoms with E-state index in [2.05, 4.69) is 45.7 Å². The summed E-state index contributed by atoms with van der Waals surface area (Å²) in [6.07, 6.45) is 2.23. The molecule has 0 bridgehead atoms. The van der Waals surface area contributed by atoms with Gasteiger partial charge >= 0.3 is 0 Å². The lowest BCUT2D eigenvalue weighted by Gasteiger charge is -2.25. The smallest absolute Gasteiger partial charge is 0.253 e. The van der Waals surface area contributed by atoms with Crippen LogP contribution in [0.5, 0.6) is 0 Å². The summed E-state index contributed by atoms with van der Waals surface area (Å²) in [7, 11) is 0. The maximum Gasteiger partial charge on any atom is 0.253 e. The predicted octanol–water partition coefficient (Wildman–Crippen LogP) is 5.11. The monoisotopic (exact) mass is 389 g/mol. The van der Waals surface area contributed by atoms with E-state index in [9.17, 15) is 4.79 Å². The predicted molar refractivity (Wildman–Crippen MR) is 87.5 cm³/mol. The first-order valence-electron chi connectivity index (χ1n) is 6.77. The van der Waals surface area contributed by atoms with Crippen LogP contribution in [0.3, 0.4) is 0 Å². The van der Waals surface area contributed by atoms with Gasteiger partial charge in [0, 0.05) is 27.6 Å². The molecule has 0 unspecified atom stereocenters. The third-order valence-corrected chi connectivity index (χ3v) is 4.33. The lowest BCUT2D eigenvalue weighted by molar-refractivity contribution is 0.0735. The van der Waals surface area contributed by atoms with Crippen molar-refractivity contribution in [3.63, 3.8) is 0 Å². The summed E-state index contributed by atoms with van der Waals surface area (Å²) in [5, 5.41) is 0. The molecule has 0 atom stereocenters. The zero-order chi connectivity index (χ0) is 14.4. The molecule has 0 heterocycles. The Bertz CT molecular complexity index is 410. The number of rotatable bonds is 6. The van der Waals surface area contributed by atoms with Crippen LogP contribution in [0.1, 0.15) is 44.0 Å². The first-order chi connectivity index (χ1) is 9.01. The molecular weight excluding hydrogens is 370 g/mol. The van der Waals surface area contributed by atoms with Crippen LogP contribution in [0, 0.1) is 5.92 Å². The molecule has 4 heteroatoms. The Labute approximate surface area is 132 Å². The highest BCUT2D eigenvalue weighted by atomic mass is 79.9. The molecule has 0 aliphatic heterocycles.